The van der Waals surface area contributed by atoms with E-state index >= 15 is 0 Å². The molecule has 7 rings (SSSR count). The molecule has 2 aromatic carbocycles. The lowest BCUT2D eigenvalue weighted by atomic mass is 9.89. The van der Waals surface area contributed by atoms with Crippen molar-refractivity contribution in [1.82, 2.24) is 19.8 Å². The van der Waals surface area contributed by atoms with E-state index in [1.54, 1.807) is 0 Å². The second-order valence-electron chi connectivity index (χ2n) is 13.0. The van der Waals surface area contributed by atoms with Gasteiger partial charge in [-0.2, -0.15) is 0 Å². The quantitative estimate of drug-likeness (QED) is 0.286. The number of hydrogen-bond donors (Lipinski definition) is 2. The standard InChI is InChI=1S/C33H34N4O4/c1-32(2,3)41-31(40)24-17-36-14-12-22-20(10-9-19(15-34-24)27(22)36)25-26(30(39)35-29(25)38)23-16-37-28-18(7-6-8-21(23)28)11-13-33(37,4)5/h6-10,12,14,16,24,34H,11,13,15,17H2,1-5H3,(H,35,38,39). The predicted octanol–water partition coefficient (Wildman–Crippen LogP) is 4.66. The Hall–Kier alpha value is -4.17. The molecule has 0 bridgehead atoms. The minimum absolute atomic E-state index is 0.107. The van der Waals surface area contributed by atoms with Crippen molar-refractivity contribution in [2.45, 2.75) is 77.7 Å². The fourth-order valence-electron chi connectivity index (χ4n) is 6.70. The van der Waals surface area contributed by atoms with E-state index in [2.05, 4.69) is 41.3 Å². The van der Waals surface area contributed by atoms with Gasteiger partial charge >= 0.3 is 5.97 Å². The monoisotopic (exact) mass is 550 g/mol. The van der Waals surface area contributed by atoms with Crippen molar-refractivity contribution in [1.29, 1.82) is 0 Å². The zero-order chi connectivity index (χ0) is 28.8. The molecule has 4 aromatic rings. The van der Waals surface area contributed by atoms with E-state index in [1.807, 2.05) is 61.9 Å². The number of carbonyl (C=O) groups excluding carboxylic acids is 3. The number of hydrogen-bond acceptors (Lipinski definition) is 5. The lowest BCUT2D eigenvalue weighted by Crippen LogP contribution is -2.42. The molecule has 0 radical (unpaired) electrons. The molecule has 0 spiro atoms. The fraction of sp³-hybridized carbons (Fsp3) is 0.364. The molecule has 41 heavy (non-hydrogen) atoms. The maximum absolute atomic E-state index is 13.5. The van der Waals surface area contributed by atoms with E-state index in [0.29, 0.717) is 29.8 Å². The molecule has 1 atom stereocenters. The van der Waals surface area contributed by atoms with Gasteiger partial charge in [0.1, 0.15) is 11.6 Å². The molecule has 1 unspecified atom stereocenters. The third-order valence-corrected chi connectivity index (χ3v) is 8.66. The summed E-state index contributed by atoms with van der Waals surface area (Å²) in [6.45, 7) is 10.9. The highest BCUT2D eigenvalue weighted by Gasteiger charge is 2.38. The van der Waals surface area contributed by atoms with Gasteiger partial charge in [-0.15, -0.1) is 0 Å². The number of ether oxygens (including phenoxy) is 1. The van der Waals surface area contributed by atoms with Gasteiger partial charge in [-0.1, -0.05) is 30.3 Å². The summed E-state index contributed by atoms with van der Waals surface area (Å²) in [5, 5.41) is 7.79. The lowest BCUT2D eigenvalue weighted by molar-refractivity contribution is -0.157. The summed E-state index contributed by atoms with van der Waals surface area (Å²) in [6.07, 6.45) is 5.97. The second-order valence-corrected chi connectivity index (χ2v) is 13.0. The summed E-state index contributed by atoms with van der Waals surface area (Å²) in [4.78, 5) is 39.9. The highest BCUT2D eigenvalue weighted by molar-refractivity contribution is 6.50. The van der Waals surface area contributed by atoms with Crippen LogP contribution in [0.5, 0.6) is 0 Å². The van der Waals surface area contributed by atoms with Crippen molar-refractivity contribution < 1.29 is 19.1 Å². The highest BCUT2D eigenvalue weighted by Crippen LogP contribution is 2.43. The number of para-hydroxylation sites is 1. The molecule has 8 heteroatoms. The summed E-state index contributed by atoms with van der Waals surface area (Å²) in [7, 11) is 0. The number of nitrogens with zero attached hydrogens (tertiary/aromatic N) is 2. The summed E-state index contributed by atoms with van der Waals surface area (Å²) in [5.41, 5.74) is 5.96. The van der Waals surface area contributed by atoms with Crippen LogP contribution in [0.2, 0.25) is 0 Å². The van der Waals surface area contributed by atoms with Crippen LogP contribution in [-0.2, 0) is 44.2 Å². The Balaban J connectivity index is 1.40. The van der Waals surface area contributed by atoms with Gasteiger partial charge in [0.25, 0.3) is 11.8 Å². The molecule has 2 N–H and O–H groups in total. The van der Waals surface area contributed by atoms with Crippen molar-refractivity contribution in [3.05, 3.63) is 71.0 Å². The number of esters is 1. The van der Waals surface area contributed by atoms with Gasteiger partial charge < -0.3 is 13.9 Å². The normalized spacial score (nSPS) is 20.1. The molecule has 3 aliphatic rings. The molecular weight excluding hydrogens is 516 g/mol. The maximum Gasteiger partial charge on any atom is 0.325 e. The predicted molar refractivity (Wildman–Crippen MR) is 158 cm³/mol. The third-order valence-electron chi connectivity index (χ3n) is 8.66. The van der Waals surface area contributed by atoms with Crippen molar-refractivity contribution in [3.8, 4) is 0 Å². The molecule has 8 nitrogen and oxygen atoms in total. The summed E-state index contributed by atoms with van der Waals surface area (Å²) in [5.74, 6) is -1.06. The average molecular weight is 551 g/mol. The van der Waals surface area contributed by atoms with E-state index in [9.17, 15) is 14.4 Å². The third kappa shape index (κ3) is 3.95. The average Bonchev–Trinajstić information content (AvgIpc) is 3.53. The van der Waals surface area contributed by atoms with Gasteiger partial charge in [0.15, 0.2) is 0 Å². The van der Waals surface area contributed by atoms with Gasteiger partial charge in [-0.3, -0.25) is 25.0 Å². The van der Waals surface area contributed by atoms with Crippen LogP contribution in [0.4, 0.5) is 0 Å². The highest BCUT2D eigenvalue weighted by atomic mass is 16.6. The number of amides is 2. The smallest absolute Gasteiger partial charge is 0.325 e. The largest absolute Gasteiger partial charge is 0.459 e. The number of benzene rings is 2. The molecule has 2 amide bonds. The van der Waals surface area contributed by atoms with Crippen LogP contribution in [0.25, 0.3) is 33.0 Å². The van der Waals surface area contributed by atoms with Crippen molar-refractivity contribution >= 4 is 50.7 Å². The SMILES string of the molecule is CC(C)(C)OC(=O)C1Cn2ccc3c(C4=C(c5cn6c7c(cccc57)CCC6(C)C)C(=O)NC4=O)ccc(c32)CN1. The van der Waals surface area contributed by atoms with Gasteiger partial charge in [0.2, 0.25) is 0 Å². The number of aromatic nitrogens is 2. The van der Waals surface area contributed by atoms with Crippen LogP contribution in [-0.4, -0.2) is 38.6 Å². The molecule has 5 heterocycles. The minimum Gasteiger partial charge on any atom is -0.459 e. The van der Waals surface area contributed by atoms with Gasteiger partial charge in [0.05, 0.1) is 22.2 Å². The van der Waals surface area contributed by atoms with Crippen LogP contribution < -0.4 is 10.6 Å². The van der Waals surface area contributed by atoms with E-state index in [4.69, 9.17) is 4.74 Å². The molecule has 0 saturated carbocycles. The number of nitrogens with one attached hydrogen (secondary N) is 2. The first-order valence-electron chi connectivity index (χ1n) is 14.2. The Morgan fingerprint density at radius 2 is 1.68 bits per heavy atom. The Kier molecular flexibility index (Phi) is 5.45. The van der Waals surface area contributed by atoms with Crippen LogP contribution in [0, 0.1) is 0 Å². The zero-order valence-electron chi connectivity index (χ0n) is 24.1. The topological polar surface area (TPSA) is 94.4 Å². The van der Waals surface area contributed by atoms with Crippen molar-refractivity contribution in [2.75, 3.05) is 0 Å². The second kappa shape index (κ2) is 8.66. The Bertz CT molecular complexity index is 1850. The zero-order valence-corrected chi connectivity index (χ0v) is 24.1. The lowest BCUT2D eigenvalue weighted by Gasteiger charge is -2.33. The molecule has 0 fully saturated rings. The first-order valence-corrected chi connectivity index (χ1v) is 14.2. The van der Waals surface area contributed by atoms with Crippen LogP contribution >= 0.6 is 0 Å². The molecular formula is C33H34N4O4. The first-order chi connectivity index (χ1) is 19.4. The number of imide groups is 1. The Morgan fingerprint density at radius 3 is 2.44 bits per heavy atom. The summed E-state index contributed by atoms with van der Waals surface area (Å²) < 4.78 is 9.97. The van der Waals surface area contributed by atoms with E-state index in [0.717, 1.165) is 45.8 Å². The van der Waals surface area contributed by atoms with Crippen LogP contribution in [0.3, 0.4) is 0 Å². The van der Waals surface area contributed by atoms with Crippen molar-refractivity contribution in [3.63, 3.8) is 0 Å². The first kappa shape index (κ1) is 25.8. The summed E-state index contributed by atoms with van der Waals surface area (Å²) in [6, 6.07) is 11.6. The van der Waals surface area contributed by atoms with Crippen LogP contribution in [0.15, 0.2) is 48.8 Å². The fourth-order valence-corrected chi connectivity index (χ4v) is 6.70. The Morgan fingerprint density at radius 1 is 0.951 bits per heavy atom. The van der Waals surface area contributed by atoms with E-state index < -0.39 is 17.6 Å². The summed E-state index contributed by atoms with van der Waals surface area (Å²) >= 11 is 0. The number of rotatable bonds is 3. The molecule has 210 valence electrons. The van der Waals surface area contributed by atoms with Gasteiger partial charge in [-0.05, 0) is 70.2 Å². The Labute approximate surface area is 238 Å². The van der Waals surface area contributed by atoms with E-state index in [-0.39, 0.29) is 17.4 Å². The number of aryl methyl sites for hydroxylation is 1. The molecule has 0 aliphatic carbocycles. The molecule has 2 aromatic heterocycles. The molecule has 0 saturated heterocycles. The van der Waals surface area contributed by atoms with Gasteiger partial charge in [-0.25, -0.2) is 0 Å². The van der Waals surface area contributed by atoms with E-state index in [1.165, 1.54) is 5.56 Å². The molecule has 3 aliphatic heterocycles. The van der Waals surface area contributed by atoms with Crippen LogP contribution in [0.1, 0.15) is 63.3 Å². The number of carbonyl (C=O) groups is 3. The van der Waals surface area contributed by atoms with Gasteiger partial charge in [0, 0.05) is 47.4 Å². The maximum atomic E-state index is 13.5. The van der Waals surface area contributed by atoms with Crippen molar-refractivity contribution in [2.24, 2.45) is 0 Å². The minimum atomic E-state index is -0.582.